The number of hydrogen-bond donors (Lipinski definition) is 0. The van der Waals surface area contributed by atoms with E-state index < -0.39 is 29.2 Å². The minimum Gasteiger partial charge on any atom is -0.443 e. The molecule has 0 N–H and O–H groups in total. The predicted octanol–water partition coefficient (Wildman–Crippen LogP) is 3.74. The van der Waals surface area contributed by atoms with Crippen LogP contribution in [-0.2, 0) is 14.9 Å². The summed E-state index contributed by atoms with van der Waals surface area (Å²) in [6.45, 7) is 5.00. The Labute approximate surface area is 168 Å². The van der Waals surface area contributed by atoms with Crippen molar-refractivity contribution < 1.29 is 27.5 Å². The van der Waals surface area contributed by atoms with Crippen molar-refractivity contribution in [3.8, 4) is 6.07 Å². The first-order chi connectivity index (χ1) is 12.8. The molecule has 0 aliphatic carbocycles. The number of anilines is 1. The van der Waals surface area contributed by atoms with E-state index >= 15 is 0 Å². The van der Waals surface area contributed by atoms with Gasteiger partial charge >= 0.3 is 18.2 Å². The Bertz CT molecular complexity index is 877. The van der Waals surface area contributed by atoms with Gasteiger partial charge in [-0.2, -0.15) is 18.4 Å². The first-order valence-corrected chi connectivity index (χ1v) is 10.1. The zero-order chi connectivity index (χ0) is 21.1. The number of carbonyl (C=O) groups excluding carboxylic acids is 2. The number of amides is 2. The largest absolute Gasteiger partial charge is 0.471 e. The quantitative estimate of drug-likeness (QED) is 0.675. The van der Waals surface area contributed by atoms with Gasteiger partial charge in [-0.05, 0) is 20.8 Å². The zero-order valence-electron chi connectivity index (χ0n) is 15.6. The molecule has 0 saturated carbocycles. The fourth-order valence-electron chi connectivity index (χ4n) is 3.27. The number of nitriles is 1. The summed E-state index contributed by atoms with van der Waals surface area (Å²) in [5.41, 5.74) is -0.491. The van der Waals surface area contributed by atoms with E-state index in [1.165, 1.54) is 35.0 Å². The second-order valence-electron chi connectivity index (χ2n) is 7.82. The average Bonchev–Trinajstić information content (AvgIpc) is 3.06. The van der Waals surface area contributed by atoms with E-state index in [1.807, 2.05) is 0 Å². The van der Waals surface area contributed by atoms with Crippen LogP contribution < -0.4 is 4.90 Å². The van der Waals surface area contributed by atoms with E-state index in [-0.39, 0.29) is 18.7 Å². The first kappa shape index (κ1) is 20.8. The molecular weight excluding hydrogens is 415 g/mol. The van der Waals surface area contributed by atoms with Gasteiger partial charge in [-0.25, -0.2) is 4.79 Å². The summed E-state index contributed by atoms with van der Waals surface area (Å²) in [5, 5.41) is 10.1. The van der Waals surface area contributed by atoms with E-state index in [1.54, 1.807) is 20.8 Å². The molecule has 0 radical (unpaired) electrons. The summed E-state index contributed by atoms with van der Waals surface area (Å²) in [6, 6.07) is 2.09. The Kier molecular flexibility index (Phi) is 4.87. The van der Waals surface area contributed by atoms with Gasteiger partial charge in [0, 0.05) is 36.9 Å². The van der Waals surface area contributed by atoms with E-state index in [0.29, 0.717) is 16.3 Å². The lowest BCUT2D eigenvalue weighted by molar-refractivity contribution is -0.192. The molecule has 11 heteroatoms. The van der Waals surface area contributed by atoms with Gasteiger partial charge in [0.15, 0.2) is 0 Å². The normalized spacial score (nSPS) is 17.7. The Hall–Kier alpha value is -1.93. The Morgan fingerprint density at radius 2 is 1.89 bits per heavy atom. The number of carbonyl (C=O) groups is 2. The summed E-state index contributed by atoms with van der Waals surface area (Å²) < 4.78 is 44.1. The molecule has 3 heterocycles. The highest BCUT2D eigenvalue weighted by molar-refractivity contribution is 8.01. The molecule has 0 atom stereocenters. The lowest BCUT2D eigenvalue weighted by Crippen LogP contribution is -2.64. The van der Waals surface area contributed by atoms with Gasteiger partial charge in [0.1, 0.15) is 16.7 Å². The minimum atomic E-state index is -4.91. The summed E-state index contributed by atoms with van der Waals surface area (Å²) in [5.74, 6) is -1.36. The smallest absolute Gasteiger partial charge is 0.443 e. The van der Waals surface area contributed by atoms with Gasteiger partial charge in [0.05, 0.1) is 9.77 Å². The van der Waals surface area contributed by atoms with Crippen LogP contribution in [0.15, 0.2) is 4.21 Å². The fraction of sp³-hybridized carbons (Fsp3) is 0.588. The number of ether oxygens (including phenoxy) is 1. The molecular formula is C17H18F3N3O3S2. The first-order valence-electron chi connectivity index (χ1n) is 8.32. The molecule has 3 rings (SSSR count). The van der Waals surface area contributed by atoms with Gasteiger partial charge in [0.25, 0.3) is 0 Å². The van der Waals surface area contributed by atoms with Crippen LogP contribution in [0.2, 0.25) is 0 Å². The molecule has 6 nitrogen and oxygen atoms in total. The minimum absolute atomic E-state index is 0.0909. The molecule has 1 fully saturated rings. The number of thiophene rings is 1. The number of fused-ring (bicyclic) bond motifs is 2. The lowest BCUT2D eigenvalue weighted by atomic mass is 9.75. The van der Waals surface area contributed by atoms with Crippen molar-refractivity contribution in [3.05, 3.63) is 11.1 Å². The number of rotatable bonds is 1. The summed E-state index contributed by atoms with van der Waals surface area (Å²) in [6.07, 6.45) is -5.53. The highest BCUT2D eigenvalue weighted by atomic mass is 32.2. The second-order valence-corrected chi connectivity index (χ2v) is 10.1. The van der Waals surface area contributed by atoms with Gasteiger partial charge in [-0.15, -0.1) is 23.1 Å². The molecule has 1 aromatic rings. The maximum atomic E-state index is 12.7. The number of likely N-dealkylation sites (tertiary alicyclic amines) is 1. The van der Waals surface area contributed by atoms with Crippen LogP contribution in [0, 0.1) is 11.3 Å². The molecule has 152 valence electrons. The maximum Gasteiger partial charge on any atom is 0.471 e. The van der Waals surface area contributed by atoms with Crippen LogP contribution in [0.3, 0.4) is 0 Å². The molecule has 1 aromatic heterocycles. The molecule has 0 aromatic carbocycles. The molecule has 0 unspecified atom stereocenters. The van der Waals surface area contributed by atoms with Gasteiger partial charge < -0.3 is 9.64 Å². The van der Waals surface area contributed by atoms with E-state index in [2.05, 4.69) is 6.07 Å². The summed E-state index contributed by atoms with van der Waals surface area (Å²) in [7, 11) is 1.49. The van der Waals surface area contributed by atoms with Crippen LogP contribution in [0.25, 0.3) is 0 Å². The van der Waals surface area contributed by atoms with Gasteiger partial charge in [0.2, 0.25) is 0 Å². The van der Waals surface area contributed by atoms with Crippen molar-refractivity contribution >= 4 is 40.1 Å². The standard InChI is InChI=1S/C17H18F3N3O3S2/c1-15(2,3)26-14(25)22(4)11-9(5-21)10-12(28-11)27-8-16(10)6-23(7-16)13(24)17(18,19)20/h6-8H2,1-4H3. The van der Waals surface area contributed by atoms with Crippen LogP contribution in [0.1, 0.15) is 31.9 Å². The molecule has 1 saturated heterocycles. The third kappa shape index (κ3) is 3.43. The molecule has 0 bridgehead atoms. The van der Waals surface area contributed by atoms with Crippen molar-refractivity contribution in [2.45, 2.75) is 42.2 Å². The van der Waals surface area contributed by atoms with Crippen LogP contribution >= 0.6 is 23.1 Å². The number of hydrogen-bond acceptors (Lipinski definition) is 6. The summed E-state index contributed by atoms with van der Waals surface area (Å²) >= 11 is 2.68. The molecule has 2 aliphatic heterocycles. The molecule has 1 spiro atoms. The highest BCUT2D eigenvalue weighted by Crippen LogP contribution is 2.56. The fourth-order valence-corrected chi connectivity index (χ4v) is 6.17. The van der Waals surface area contributed by atoms with Crippen molar-refractivity contribution in [3.63, 3.8) is 0 Å². The van der Waals surface area contributed by atoms with Crippen molar-refractivity contribution in [2.24, 2.45) is 0 Å². The molecule has 2 aliphatic rings. The van der Waals surface area contributed by atoms with Crippen molar-refractivity contribution in [2.75, 3.05) is 30.8 Å². The lowest BCUT2D eigenvalue weighted by Gasteiger charge is -2.48. The average molecular weight is 433 g/mol. The Balaban J connectivity index is 1.88. The van der Waals surface area contributed by atoms with E-state index in [0.717, 1.165) is 9.11 Å². The number of halogens is 3. The van der Waals surface area contributed by atoms with Crippen molar-refractivity contribution in [1.29, 1.82) is 5.26 Å². The third-order valence-corrected chi connectivity index (χ3v) is 7.30. The molecule has 2 amide bonds. The van der Waals surface area contributed by atoms with Gasteiger partial charge in [-0.1, -0.05) is 0 Å². The van der Waals surface area contributed by atoms with Gasteiger partial charge in [-0.3, -0.25) is 9.69 Å². The highest BCUT2D eigenvalue weighted by Gasteiger charge is 2.57. The van der Waals surface area contributed by atoms with Crippen LogP contribution in [-0.4, -0.2) is 54.6 Å². The Morgan fingerprint density at radius 1 is 1.29 bits per heavy atom. The predicted molar refractivity (Wildman–Crippen MR) is 98.7 cm³/mol. The molecule has 28 heavy (non-hydrogen) atoms. The van der Waals surface area contributed by atoms with Crippen LogP contribution in [0.5, 0.6) is 0 Å². The van der Waals surface area contributed by atoms with Crippen molar-refractivity contribution in [1.82, 2.24) is 4.90 Å². The number of alkyl halides is 3. The number of thioether (sulfide) groups is 1. The van der Waals surface area contributed by atoms with E-state index in [4.69, 9.17) is 4.74 Å². The van der Waals surface area contributed by atoms with Crippen LogP contribution in [0.4, 0.5) is 23.0 Å². The number of nitrogens with zero attached hydrogens (tertiary/aromatic N) is 3. The monoisotopic (exact) mass is 433 g/mol. The zero-order valence-corrected chi connectivity index (χ0v) is 17.3. The second kappa shape index (κ2) is 6.56. The Morgan fingerprint density at radius 3 is 2.39 bits per heavy atom. The van der Waals surface area contributed by atoms with E-state index in [9.17, 15) is 28.0 Å². The third-order valence-electron chi connectivity index (χ3n) is 4.47. The summed E-state index contributed by atoms with van der Waals surface area (Å²) in [4.78, 5) is 25.8. The topological polar surface area (TPSA) is 73.6 Å². The SMILES string of the molecule is CN(C(=O)OC(C)(C)C)c1sc2c(c1C#N)C1(CS2)CN(C(=O)C(F)(F)F)C1. The maximum absolute atomic E-state index is 12.7.